The molecule has 0 fully saturated rings. The molecule has 0 aliphatic rings. The summed E-state index contributed by atoms with van der Waals surface area (Å²) in [6.45, 7) is 1.80. The smallest absolute Gasteiger partial charge is 0.321 e. The summed E-state index contributed by atoms with van der Waals surface area (Å²) in [6.07, 6.45) is 1.49. The molecule has 0 radical (unpaired) electrons. The first kappa shape index (κ1) is 18.8. The third-order valence-corrected chi connectivity index (χ3v) is 4.29. The molecule has 0 aromatic carbocycles. The zero-order valence-electron chi connectivity index (χ0n) is 12.0. The molecule has 0 rings (SSSR count). The molecule has 0 amide bonds. The number of carboxylic acids is 1. The predicted molar refractivity (Wildman–Crippen MR) is 72.3 cm³/mol. The van der Waals surface area contributed by atoms with Crippen LogP contribution in [0.2, 0.25) is 0 Å². The predicted octanol–water partition coefficient (Wildman–Crippen LogP) is -0.0409. The third kappa shape index (κ3) is 6.83. The number of nitrogens with zero attached hydrogens (tertiary/aromatic N) is 1. The number of nitrogens with one attached hydrogen (secondary N) is 1. The lowest BCUT2D eigenvalue weighted by Crippen LogP contribution is -2.47. The molecule has 20 heavy (non-hydrogen) atoms. The van der Waals surface area contributed by atoms with Gasteiger partial charge in [0.25, 0.3) is 10.2 Å². The van der Waals surface area contributed by atoms with Crippen molar-refractivity contribution in [3.05, 3.63) is 0 Å². The average Bonchev–Trinajstić information content (AvgIpc) is 2.39. The Morgan fingerprint density at radius 3 is 2.45 bits per heavy atom. The number of unbranched alkanes of at least 4 members (excludes halogenated alkanes) is 1. The zero-order valence-corrected chi connectivity index (χ0v) is 12.8. The molecule has 8 nitrogen and oxygen atoms in total. The Balaban J connectivity index is 4.60. The highest BCUT2D eigenvalue weighted by atomic mass is 32.2. The number of carbonyl (C=O) groups is 2. The molecule has 9 heteroatoms. The fourth-order valence-corrected chi connectivity index (χ4v) is 2.47. The van der Waals surface area contributed by atoms with Crippen molar-refractivity contribution in [2.24, 2.45) is 0 Å². The van der Waals surface area contributed by atoms with Crippen molar-refractivity contribution in [1.29, 1.82) is 0 Å². The van der Waals surface area contributed by atoms with Crippen molar-refractivity contribution in [2.75, 3.05) is 20.7 Å². The van der Waals surface area contributed by atoms with E-state index >= 15 is 0 Å². The topological polar surface area (TPSA) is 113 Å². The second-order valence-corrected chi connectivity index (χ2v) is 6.11. The Morgan fingerprint density at radius 1 is 1.40 bits per heavy atom. The zero-order chi connectivity index (χ0) is 15.8. The van der Waals surface area contributed by atoms with Gasteiger partial charge in [0.05, 0.1) is 13.5 Å². The van der Waals surface area contributed by atoms with Crippen LogP contribution >= 0.6 is 0 Å². The van der Waals surface area contributed by atoms with Crippen LogP contribution in [0, 0.1) is 0 Å². The van der Waals surface area contributed by atoms with Crippen molar-refractivity contribution < 1.29 is 27.9 Å². The molecule has 2 N–H and O–H groups in total. The normalized spacial score (nSPS) is 13.2. The van der Waals surface area contributed by atoms with Gasteiger partial charge < -0.3 is 9.84 Å². The second kappa shape index (κ2) is 8.88. The number of carboxylic acid groups (broad SMARTS) is 1. The van der Waals surface area contributed by atoms with Gasteiger partial charge in [0.15, 0.2) is 0 Å². The van der Waals surface area contributed by atoms with Crippen LogP contribution in [0.5, 0.6) is 0 Å². The number of carbonyl (C=O) groups excluding carboxylic acids is 1. The van der Waals surface area contributed by atoms with E-state index < -0.39 is 28.2 Å². The number of aliphatic carboxylic acids is 1. The Morgan fingerprint density at radius 2 is 2.00 bits per heavy atom. The molecule has 0 spiro atoms. The van der Waals surface area contributed by atoms with Crippen LogP contribution in [0.4, 0.5) is 0 Å². The fourth-order valence-electron chi connectivity index (χ4n) is 1.38. The van der Waals surface area contributed by atoms with Crippen molar-refractivity contribution in [3.63, 3.8) is 0 Å². The van der Waals surface area contributed by atoms with Gasteiger partial charge in [-0.25, -0.2) is 0 Å². The van der Waals surface area contributed by atoms with Gasteiger partial charge in [0, 0.05) is 13.6 Å². The molecule has 0 heterocycles. The molecule has 0 saturated heterocycles. The lowest BCUT2D eigenvalue weighted by Gasteiger charge is -2.20. The molecule has 0 unspecified atom stereocenters. The summed E-state index contributed by atoms with van der Waals surface area (Å²) < 4.78 is 31.2. The first-order valence-electron chi connectivity index (χ1n) is 6.27. The maximum Gasteiger partial charge on any atom is 0.321 e. The van der Waals surface area contributed by atoms with Crippen molar-refractivity contribution in [2.45, 2.75) is 38.6 Å². The summed E-state index contributed by atoms with van der Waals surface area (Å²) in [5.74, 6) is -1.75. The Hall–Kier alpha value is -1.19. The highest BCUT2D eigenvalue weighted by molar-refractivity contribution is 7.87. The SMILES string of the molecule is CCCC[C@H](NS(=O)(=O)N(C)CCC(=O)OC)C(=O)O. The summed E-state index contributed by atoms with van der Waals surface area (Å²) >= 11 is 0. The monoisotopic (exact) mass is 310 g/mol. The van der Waals surface area contributed by atoms with E-state index in [1.807, 2.05) is 6.92 Å². The van der Waals surface area contributed by atoms with Gasteiger partial charge in [-0.2, -0.15) is 17.4 Å². The Labute approximate surface area is 119 Å². The minimum Gasteiger partial charge on any atom is -0.480 e. The third-order valence-electron chi connectivity index (χ3n) is 2.70. The number of hydrogen-bond donors (Lipinski definition) is 2. The van der Waals surface area contributed by atoms with Gasteiger partial charge >= 0.3 is 11.9 Å². The van der Waals surface area contributed by atoms with Gasteiger partial charge in [0.1, 0.15) is 6.04 Å². The lowest BCUT2D eigenvalue weighted by atomic mass is 10.1. The van der Waals surface area contributed by atoms with Crippen molar-refractivity contribution in [3.8, 4) is 0 Å². The summed E-state index contributed by atoms with van der Waals surface area (Å²) in [4.78, 5) is 22.0. The van der Waals surface area contributed by atoms with E-state index in [4.69, 9.17) is 5.11 Å². The lowest BCUT2D eigenvalue weighted by molar-refractivity contribution is -0.141. The first-order chi connectivity index (χ1) is 9.24. The summed E-state index contributed by atoms with van der Waals surface area (Å²) in [5, 5.41) is 8.98. The van der Waals surface area contributed by atoms with E-state index in [2.05, 4.69) is 9.46 Å². The van der Waals surface area contributed by atoms with Gasteiger partial charge in [-0.15, -0.1) is 0 Å². The summed E-state index contributed by atoms with van der Waals surface area (Å²) in [7, 11) is -1.47. The molecule has 0 saturated carbocycles. The minimum absolute atomic E-state index is 0.0812. The highest BCUT2D eigenvalue weighted by Crippen LogP contribution is 2.05. The first-order valence-corrected chi connectivity index (χ1v) is 7.71. The number of methoxy groups -OCH3 is 1. The quantitative estimate of drug-likeness (QED) is 0.547. The molecule has 0 aromatic rings. The number of rotatable bonds is 10. The van der Waals surface area contributed by atoms with E-state index in [0.717, 1.165) is 10.7 Å². The van der Waals surface area contributed by atoms with Crippen molar-refractivity contribution in [1.82, 2.24) is 9.03 Å². The Kier molecular flexibility index (Phi) is 8.35. The number of esters is 1. The standard InChI is InChI=1S/C11H22N2O6S/c1-4-5-6-9(11(15)16)12-20(17,18)13(2)8-7-10(14)19-3/h9,12H,4-8H2,1-3H3,(H,15,16)/t9-/m0/s1. The summed E-state index contributed by atoms with van der Waals surface area (Å²) in [5.41, 5.74) is 0. The molecule has 0 aromatic heterocycles. The van der Waals surface area contributed by atoms with E-state index in [1.54, 1.807) is 0 Å². The molecule has 0 aliphatic heterocycles. The van der Waals surface area contributed by atoms with Crippen LogP contribution in [0.25, 0.3) is 0 Å². The summed E-state index contributed by atoms with van der Waals surface area (Å²) in [6, 6.07) is -1.17. The van der Waals surface area contributed by atoms with Gasteiger partial charge in [-0.1, -0.05) is 19.8 Å². The number of ether oxygens (including phenoxy) is 1. The molecule has 0 aliphatic carbocycles. The maximum absolute atomic E-state index is 11.9. The van der Waals surface area contributed by atoms with Crippen LogP contribution in [0.1, 0.15) is 32.6 Å². The molecule has 118 valence electrons. The highest BCUT2D eigenvalue weighted by Gasteiger charge is 2.26. The Bertz CT molecular complexity index is 423. The van der Waals surface area contributed by atoms with E-state index in [-0.39, 0.29) is 19.4 Å². The number of hydrogen-bond acceptors (Lipinski definition) is 5. The van der Waals surface area contributed by atoms with E-state index in [1.165, 1.54) is 14.2 Å². The molecular formula is C11H22N2O6S. The molecular weight excluding hydrogens is 288 g/mol. The molecule has 1 atom stereocenters. The van der Waals surface area contributed by atoms with Crippen molar-refractivity contribution >= 4 is 22.1 Å². The average molecular weight is 310 g/mol. The fraction of sp³-hybridized carbons (Fsp3) is 0.818. The van der Waals surface area contributed by atoms with Crippen LogP contribution in [-0.4, -0.2) is 56.5 Å². The second-order valence-electron chi connectivity index (χ2n) is 4.30. The maximum atomic E-state index is 11.9. The van der Waals surface area contributed by atoms with E-state index in [9.17, 15) is 18.0 Å². The van der Waals surface area contributed by atoms with Crippen LogP contribution in [0.15, 0.2) is 0 Å². The van der Waals surface area contributed by atoms with Gasteiger partial charge in [0.2, 0.25) is 0 Å². The van der Waals surface area contributed by atoms with Crippen LogP contribution in [-0.2, 0) is 24.5 Å². The van der Waals surface area contributed by atoms with E-state index in [0.29, 0.717) is 6.42 Å². The van der Waals surface area contributed by atoms with Crippen LogP contribution < -0.4 is 4.72 Å². The van der Waals surface area contributed by atoms with Gasteiger partial charge in [-0.3, -0.25) is 9.59 Å². The minimum atomic E-state index is -3.94. The largest absolute Gasteiger partial charge is 0.480 e. The van der Waals surface area contributed by atoms with Crippen LogP contribution in [0.3, 0.4) is 0 Å². The van der Waals surface area contributed by atoms with Gasteiger partial charge in [-0.05, 0) is 6.42 Å². The molecule has 0 bridgehead atoms.